The molecule has 2 unspecified atom stereocenters. The molecule has 0 aliphatic heterocycles. The summed E-state index contributed by atoms with van der Waals surface area (Å²) in [7, 11) is 1.77. The maximum Gasteiger partial charge on any atom is 0.0558 e. The Kier molecular flexibility index (Phi) is 5.58. The highest BCUT2D eigenvalue weighted by atomic mass is 16.5. The number of nitrogens with one attached hydrogen (secondary N) is 1. The summed E-state index contributed by atoms with van der Waals surface area (Å²) >= 11 is 0. The van der Waals surface area contributed by atoms with Crippen LogP contribution < -0.4 is 11.3 Å². The Morgan fingerprint density at radius 3 is 2.40 bits per heavy atom. The second-order valence-electron chi connectivity index (χ2n) is 5.08. The molecule has 0 saturated heterocycles. The van der Waals surface area contributed by atoms with Crippen molar-refractivity contribution in [3.63, 3.8) is 0 Å². The average Bonchev–Trinajstić information content (AvgIpc) is 2.27. The summed E-state index contributed by atoms with van der Waals surface area (Å²) in [5, 5.41) is 0. The third-order valence-electron chi connectivity index (χ3n) is 3.83. The first-order chi connectivity index (χ1) is 7.17. The van der Waals surface area contributed by atoms with Gasteiger partial charge in [0, 0.05) is 13.2 Å². The lowest BCUT2D eigenvalue weighted by atomic mass is 9.78. The minimum absolute atomic E-state index is 0.297. The number of hydrazine groups is 1. The summed E-state index contributed by atoms with van der Waals surface area (Å²) in [6.07, 6.45) is 6.64. The molecule has 1 saturated carbocycles. The van der Waals surface area contributed by atoms with E-state index in [1.54, 1.807) is 7.11 Å². The van der Waals surface area contributed by atoms with Gasteiger partial charge < -0.3 is 4.74 Å². The molecule has 0 spiro atoms. The molecule has 1 aliphatic carbocycles. The smallest absolute Gasteiger partial charge is 0.0558 e. The molecule has 0 amide bonds. The zero-order valence-electron chi connectivity index (χ0n) is 10.3. The second kappa shape index (κ2) is 6.46. The van der Waals surface area contributed by atoms with Gasteiger partial charge in [0.2, 0.25) is 0 Å². The Bertz CT molecular complexity index is 167. The molecular formula is C12H26N2O. The fourth-order valence-corrected chi connectivity index (χ4v) is 2.54. The van der Waals surface area contributed by atoms with Crippen LogP contribution in [0.1, 0.15) is 46.0 Å². The minimum Gasteiger partial charge on any atom is -0.382 e. The molecule has 2 atom stereocenters. The summed E-state index contributed by atoms with van der Waals surface area (Å²) in [6.45, 7) is 4.45. The molecule has 1 rings (SSSR count). The van der Waals surface area contributed by atoms with Gasteiger partial charge >= 0.3 is 0 Å². The summed E-state index contributed by atoms with van der Waals surface area (Å²) in [5.74, 6) is 7.28. The van der Waals surface area contributed by atoms with Crippen molar-refractivity contribution in [3.8, 4) is 0 Å². The van der Waals surface area contributed by atoms with E-state index in [-0.39, 0.29) is 0 Å². The highest BCUT2D eigenvalue weighted by Gasteiger charge is 2.26. The number of rotatable bonds is 5. The SMILES string of the molecule is COC(C)CC(NN)C1CCC(C)CC1. The molecule has 15 heavy (non-hydrogen) atoms. The van der Waals surface area contributed by atoms with Crippen molar-refractivity contribution < 1.29 is 4.74 Å². The first-order valence-corrected chi connectivity index (χ1v) is 6.16. The van der Waals surface area contributed by atoms with Crippen molar-refractivity contribution in [2.24, 2.45) is 17.7 Å². The molecule has 0 bridgehead atoms. The monoisotopic (exact) mass is 214 g/mol. The minimum atomic E-state index is 0.297. The van der Waals surface area contributed by atoms with Crippen LogP contribution in [-0.4, -0.2) is 19.3 Å². The van der Waals surface area contributed by atoms with Gasteiger partial charge in [-0.3, -0.25) is 11.3 Å². The fraction of sp³-hybridized carbons (Fsp3) is 1.00. The molecular weight excluding hydrogens is 188 g/mol. The molecule has 0 radical (unpaired) electrons. The normalized spacial score (nSPS) is 31.2. The van der Waals surface area contributed by atoms with Gasteiger partial charge in [-0.25, -0.2) is 0 Å². The van der Waals surface area contributed by atoms with Crippen LogP contribution in [0.4, 0.5) is 0 Å². The van der Waals surface area contributed by atoms with Crippen molar-refractivity contribution in [2.75, 3.05) is 7.11 Å². The van der Waals surface area contributed by atoms with E-state index in [2.05, 4.69) is 19.3 Å². The van der Waals surface area contributed by atoms with E-state index in [0.29, 0.717) is 12.1 Å². The van der Waals surface area contributed by atoms with Crippen molar-refractivity contribution in [1.29, 1.82) is 0 Å². The standard InChI is InChI=1S/C12H26N2O/c1-9-4-6-11(7-5-9)12(14-13)8-10(2)15-3/h9-12,14H,4-8,13H2,1-3H3. The van der Waals surface area contributed by atoms with Crippen LogP contribution in [0, 0.1) is 11.8 Å². The largest absolute Gasteiger partial charge is 0.382 e. The summed E-state index contributed by atoms with van der Waals surface area (Å²) in [4.78, 5) is 0. The Morgan fingerprint density at radius 1 is 1.33 bits per heavy atom. The zero-order valence-corrected chi connectivity index (χ0v) is 10.3. The van der Waals surface area contributed by atoms with E-state index < -0.39 is 0 Å². The summed E-state index contributed by atoms with van der Waals surface area (Å²) < 4.78 is 5.30. The third-order valence-corrected chi connectivity index (χ3v) is 3.83. The van der Waals surface area contributed by atoms with Crippen molar-refractivity contribution in [2.45, 2.75) is 58.1 Å². The van der Waals surface area contributed by atoms with Crippen LogP contribution >= 0.6 is 0 Å². The van der Waals surface area contributed by atoms with Gasteiger partial charge in [-0.2, -0.15) is 0 Å². The maximum absolute atomic E-state index is 5.64. The highest BCUT2D eigenvalue weighted by Crippen LogP contribution is 2.31. The van der Waals surface area contributed by atoms with Gasteiger partial charge in [-0.1, -0.05) is 19.8 Å². The van der Waals surface area contributed by atoms with Crippen LogP contribution in [0.3, 0.4) is 0 Å². The lowest BCUT2D eigenvalue weighted by Gasteiger charge is -2.33. The van der Waals surface area contributed by atoms with Crippen LogP contribution in [-0.2, 0) is 4.74 Å². The summed E-state index contributed by atoms with van der Waals surface area (Å²) in [5.41, 5.74) is 2.97. The quantitative estimate of drug-likeness (QED) is 0.544. The van der Waals surface area contributed by atoms with Crippen LogP contribution in [0.5, 0.6) is 0 Å². The molecule has 0 aromatic rings. The van der Waals surface area contributed by atoms with E-state index in [1.165, 1.54) is 25.7 Å². The number of hydrogen-bond acceptors (Lipinski definition) is 3. The fourth-order valence-electron chi connectivity index (χ4n) is 2.54. The van der Waals surface area contributed by atoms with E-state index >= 15 is 0 Å². The Balaban J connectivity index is 2.37. The highest BCUT2D eigenvalue weighted by molar-refractivity contribution is 4.81. The summed E-state index contributed by atoms with van der Waals surface area (Å²) in [6, 6.07) is 0.424. The Hall–Kier alpha value is -0.120. The molecule has 0 heterocycles. The van der Waals surface area contributed by atoms with Crippen molar-refractivity contribution in [3.05, 3.63) is 0 Å². The first-order valence-electron chi connectivity index (χ1n) is 6.16. The van der Waals surface area contributed by atoms with Crippen LogP contribution in [0.2, 0.25) is 0 Å². The van der Waals surface area contributed by atoms with E-state index in [1.807, 2.05) is 0 Å². The molecule has 3 nitrogen and oxygen atoms in total. The van der Waals surface area contributed by atoms with Gasteiger partial charge in [0.1, 0.15) is 0 Å². The van der Waals surface area contributed by atoms with Gasteiger partial charge in [-0.05, 0) is 38.0 Å². The van der Waals surface area contributed by atoms with E-state index in [9.17, 15) is 0 Å². The Morgan fingerprint density at radius 2 is 1.93 bits per heavy atom. The molecule has 90 valence electrons. The van der Waals surface area contributed by atoms with Gasteiger partial charge in [0.05, 0.1) is 6.10 Å². The van der Waals surface area contributed by atoms with E-state index in [4.69, 9.17) is 10.6 Å². The van der Waals surface area contributed by atoms with Gasteiger partial charge in [0.15, 0.2) is 0 Å². The van der Waals surface area contributed by atoms with Crippen LogP contribution in [0.15, 0.2) is 0 Å². The molecule has 1 aliphatic rings. The van der Waals surface area contributed by atoms with Gasteiger partial charge in [0.25, 0.3) is 0 Å². The Labute approximate surface area is 93.7 Å². The lowest BCUT2D eigenvalue weighted by molar-refractivity contribution is 0.0850. The number of hydrogen-bond donors (Lipinski definition) is 2. The third kappa shape index (κ3) is 4.09. The van der Waals surface area contributed by atoms with Crippen molar-refractivity contribution in [1.82, 2.24) is 5.43 Å². The van der Waals surface area contributed by atoms with Gasteiger partial charge in [-0.15, -0.1) is 0 Å². The molecule has 3 heteroatoms. The van der Waals surface area contributed by atoms with E-state index in [0.717, 1.165) is 18.3 Å². The lowest BCUT2D eigenvalue weighted by Crippen LogP contribution is -2.44. The topological polar surface area (TPSA) is 47.3 Å². The molecule has 0 aromatic heterocycles. The first kappa shape index (κ1) is 12.9. The average molecular weight is 214 g/mol. The zero-order chi connectivity index (χ0) is 11.3. The second-order valence-corrected chi connectivity index (χ2v) is 5.08. The molecule has 3 N–H and O–H groups in total. The molecule has 1 fully saturated rings. The molecule has 0 aromatic carbocycles. The number of nitrogens with two attached hydrogens (primary N) is 1. The number of ether oxygens (including phenoxy) is 1. The predicted octanol–water partition coefficient (Wildman–Crippen LogP) is 2.07. The predicted molar refractivity (Wildman–Crippen MR) is 63.3 cm³/mol. The van der Waals surface area contributed by atoms with Crippen molar-refractivity contribution >= 4 is 0 Å². The van der Waals surface area contributed by atoms with Crippen LogP contribution in [0.25, 0.3) is 0 Å². The maximum atomic E-state index is 5.64. The number of methoxy groups -OCH3 is 1.